The summed E-state index contributed by atoms with van der Waals surface area (Å²) in [5.74, 6) is 0. The molecule has 0 aliphatic carbocycles. The first-order valence-electron chi connectivity index (χ1n) is 10.3. The highest BCUT2D eigenvalue weighted by Crippen LogP contribution is 2.42. The Morgan fingerprint density at radius 3 is 1.91 bits per heavy atom. The minimum Gasteiger partial charge on any atom is -0.465 e. The predicted octanol–water partition coefficient (Wildman–Crippen LogP) is 7.24. The molecule has 1 aliphatic rings. The van der Waals surface area contributed by atoms with Gasteiger partial charge in [0, 0.05) is 18.6 Å². The fourth-order valence-electron chi connectivity index (χ4n) is 4.09. The van der Waals surface area contributed by atoms with Gasteiger partial charge in [-0.2, -0.15) is 39.5 Å². The number of rotatable bonds is 4. The van der Waals surface area contributed by atoms with Crippen molar-refractivity contribution in [2.24, 2.45) is 0 Å². The summed E-state index contributed by atoms with van der Waals surface area (Å²) in [5, 5.41) is 12.3. The van der Waals surface area contributed by atoms with Crippen molar-refractivity contribution in [2.45, 2.75) is 56.9 Å². The molecule has 192 valence electrons. The van der Waals surface area contributed by atoms with Crippen LogP contribution in [0.25, 0.3) is 0 Å². The van der Waals surface area contributed by atoms with Crippen LogP contribution >= 0.6 is 0 Å². The van der Waals surface area contributed by atoms with Gasteiger partial charge in [0.15, 0.2) is 0 Å². The number of hydrogen-bond donors (Lipinski definition) is 2. The predicted molar refractivity (Wildman–Crippen MR) is 107 cm³/mol. The number of fused-ring (bicyclic) bond motifs is 1. The Morgan fingerprint density at radius 2 is 1.46 bits per heavy atom. The normalized spacial score (nSPS) is 19.0. The van der Waals surface area contributed by atoms with Gasteiger partial charge in [-0.3, -0.25) is 4.90 Å². The van der Waals surface area contributed by atoms with Crippen molar-refractivity contribution in [3.8, 4) is 0 Å². The molecule has 2 N–H and O–H groups in total. The highest BCUT2D eigenvalue weighted by Gasteiger charge is 2.39. The third-order valence-corrected chi connectivity index (χ3v) is 5.74. The van der Waals surface area contributed by atoms with E-state index in [2.05, 4.69) is 5.32 Å². The van der Waals surface area contributed by atoms with E-state index < -0.39 is 59.9 Å². The first kappa shape index (κ1) is 26.6. The molecule has 2 aromatic rings. The number of alkyl halides is 9. The van der Waals surface area contributed by atoms with Crippen LogP contribution in [0.15, 0.2) is 36.4 Å². The summed E-state index contributed by atoms with van der Waals surface area (Å²) in [7, 11) is 0. The first-order chi connectivity index (χ1) is 16.0. The fourth-order valence-corrected chi connectivity index (χ4v) is 4.09. The molecule has 0 unspecified atom stereocenters. The SMILES string of the molecule is CC[C@@H]1C[C@H](NCc2cc(C(F)(F)F)cc(C(F)(F)F)c2)c2cc(C(F)(F)F)ccc2N1C(=O)O. The average molecular weight is 514 g/mol. The number of nitrogens with zero attached hydrogens (tertiary/aromatic N) is 1. The number of anilines is 1. The van der Waals surface area contributed by atoms with Crippen LogP contribution in [0.5, 0.6) is 0 Å². The molecule has 2 aromatic carbocycles. The molecule has 1 amide bonds. The number of carboxylic acid groups (broad SMARTS) is 1. The maximum absolute atomic E-state index is 13.3. The summed E-state index contributed by atoms with van der Waals surface area (Å²) in [6.45, 7) is 1.12. The largest absolute Gasteiger partial charge is 0.465 e. The van der Waals surface area contributed by atoms with Gasteiger partial charge in [0.1, 0.15) is 0 Å². The Labute approximate surface area is 193 Å². The molecule has 0 spiro atoms. The molecule has 0 bridgehead atoms. The number of amides is 1. The zero-order valence-corrected chi connectivity index (χ0v) is 17.9. The second-order valence-corrected chi connectivity index (χ2v) is 8.07. The second kappa shape index (κ2) is 9.25. The molecular formula is C22H19F9N2O2. The molecule has 13 heteroatoms. The lowest BCUT2D eigenvalue weighted by atomic mass is 9.88. The lowest BCUT2D eigenvalue weighted by Crippen LogP contribution is -2.46. The van der Waals surface area contributed by atoms with Crippen molar-refractivity contribution in [1.29, 1.82) is 0 Å². The topological polar surface area (TPSA) is 52.6 Å². The zero-order valence-electron chi connectivity index (χ0n) is 17.9. The van der Waals surface area contributed by atoms with E-state index in [1.54, 1.807) is 6.92 Å². The minimum absolute atomic E-state index is 0.0210. The van der Waals surface area contributed by atoms with Crippen molar-refractivity contribution in [2.75, 3.05) is 4.90 Å². The van der Waals surface area contributed by atoms with E-state index >= 15 is 0 Å². The Bertz CT molecular complexity index is 1060. The van der Waals surface area contributed by atoms with E-state index in [1.807, 2.05) is 0 Å². The maximum Gasteiger partial charge on any atom is 0.416 e. The highest BCUT2D eigenvalue weighted by atomic mass is 19.4. The summed E-state index contributed by atoms with van der Waals surface area (Å²) in [5.41, 5.74) is -4.60. The molecule has 3 rings (SSSR count). The van der Waals surface area contributed by atoms with Crippen LogP contribution in [-0.4, -0.2) is 17.2 Å². The molecular weight excluding hydrogens is 495 g/mol. The molecule has 1 heterocycles. The van der Waals surface area contributed by atoms with Crippen LogP contribution in [0, 0.1) is 0 Å². The first-order valence-corrected chi connectivity index (χ1v) is 10.3. The van der Waals surface area contributed by atoms with Crippen LogP contribution in [-0.2, 0) is 25.1 Å². The third-order valence-electron chi connectivity index (χ3n) is 5.74. The standard InChI is InChI=1S/C22H19F9N2O2/c1-2-15-9-17(16-8-12(20(23,24)25)3-4-18(16)33(15)19(34)35)32-10-11-5-13(21(26,27)28)7-14(6-11)22(29,30)31/h3-8,15,17,32H,2,9-10H2,1H3,(H,34,35)/t15-,17+/m1/s1. The lowest BCUT2D eigenvalue weighted by molar-refractivity contribution is -0.143. The fraction of sp³-hybridized carbons (Fsp3) is 0.409. The summed E-state index contributed by atoms with van der Waals surface area (Å²) in [6.07, 6.45) is -16.0. The van der Waals surface area contributed by atoms with E-state index in [0.29, 0.717) is 18.2 Å². The van der Waals surface area contributed by atoms with Crippen LogP contribution in [0.2, 0.25) is 0 Å². The van der Waals surface area contributed by atoms with Crippen molar-refractivity contribution in [1.82, 2.24) is 5.32 Å². The van der Waals surface area contributed by atoms with Gasteiger partial charge in [0.05, 0.1) is 22.4 Å². The average Bonchev–Trinajstić information content (AvgIpc) is 2.74. The van der Waals surface area contributed by atoms with Crippen molar-refractivity contribution < 1.29 is 49.4 Å². The molecule has 2 atom stereocenters. The maximum atomic E-state index is 13.3. The van der Waals surface area contributed by atoms with E-state index in [4.69, 9.17) is 0 Å². The molecule has 4 nitrogen and oxygen atoms in total. The van der Waals surface area contributed by atoms with E-state index in [9.17, 15) is 49.4 Å². The summed E-state index contributed by atoms with van der Waals surface area (Å²) >= 11 is 0. The van der Waals surface area contributed by atoms with Crippen LogP contribution < -0.4 is 10.2 Å². The Kier molecular flexibility index (Phi) is 7.04. The third kappa shape index (κ3) is 5.82. The Morgan fingerprint density at radius 1 is 0.914 bits per heavy atom. The van der Waals surface area contributed by atoms with E-state index in [0.717, 1.165) is 17.0 Å². The van der Waals surface area contributed by atoms with Gasteiger partial charge in [-0.15, -0.1) is 0 Å². The van der Waals surface area contributed by atoms with E-state index in [-0.39, 0.29) is 35.7 Å². The second-order valence-electron chi connectivity index (χ2n) is 8.07. The number of carbonyl (C=O) groups is 1. The van der Waals surface area contributed by atoms with Crippen molar-refractivity contribution >= 4 is 11.8 Å². The van der Waals surface area contributed by atoms with Gasteiger partial charge < -0.3 is 10.4 Å². The van der Waals surface area contributed by atoms with Crippen LogP contribution in [0.3, 0.4) is 0 Å². The molecule has 35 heavy (non-hydrogen) atoms. The molecule has 0 saturated carbocycles. The molecule has 1 aliphatic heterocycles. The van der Waals surface area contributed by atoms with Gasteiger partial charge in [0.25, 0.3) is 0 Å². The van der Waals surface area contributed by atoms with Gasteiger partial charge >= 0.3 is 24.6 Å². The van der Waals surface area contributed by atoms with Gasteiger partial charge in [0.2, 0.25) is 0 Å². The number of benzene rings is 2. The smallest absolute Gasteiger partial charge is 0.416 e. The molecule has 0 saturated heterocycles. The van der Waals surface area contributed by atoms with Gasteiger partial charge in [-0.1, -0.05) is 6.92 Å². The van der Waals surface area contributed by atoms with Crippen LogP contribution in [0.1, 0.15) is 53.6 Å². The Hall–Kier alpha value is -2.96. The quantitative estimate of drug-likeness (QED) is 0.423. The van der Waals surface area contributed by atoms with Crippen molar-refractivity contribution in [3.63, 3.8) is 0 Å². The van der Waals surface area contributed by atoms with Crippen LogP contribution in [0.4, 0.5) is 50.0 Å². The van der Waals surface area contributed by atoms with Gasteiger partial charge in [-0.05, 0) is 60.4 Å². The minimum atomic E-state index is -5.05. The Balaban J connectivity index is 2.02. The number of hydrogen-bond acceptors (Lipinski definition) is 2. The molecule has 0 fully saturated rings. The molecule has 0 aromatic heterocycles. The van der Waals surface area contributed by atoms with E-state index in [1.165, 1.54) is 0 Å². The summed E-state index contributed by atoms with van der Waals surface area (Å²) in [4.78, 5) is 12.7. The van der Waals surface area contributed by atoms with Crippen molar-refractivity contribution in [3.05, 3.63) is 64.2 Å². The summed E-state index contributed by atoms with van der Waals surface area (Å²) < 4.78 is 119. The summed E-state index contributed by atoms with van der Waals surface area (Å²) in [6, 6.07) is 1.84. The number of halogens is 9. The monoisotopic (exact) mass is 514 g/mol. The highest BCUT2D eigenvalue weighted by molar-refractivity contribution is 5.89. The van der Waals surface area contributed by atoms with Gasteiger partial charge in [-0.25, -0.2) is 4.79 Å². The zero-order chi connectivity index (χ0) is 26.3. The lowest BCUT2D eigenvalue weighted by Gasteiger charge is -2.39. The molecule has 0 radical (unpaired) electrons. The number of nitrogens with one attached hydrogen (secondary N) is 1.